The SMILES string of the molecule is COc1ccc(OCC(=O)Nc2cc(Cl)ccc2N2CCOCC2)cc1. The molecule has 0 saturated carbocycles. The number of morpholine rings is 1. The van der Waals surface area contributed by atoms with Gasteiger partial charge in [0.1, 0.15) is 11.5 Å². The second-order valence-corrected chi connectivity index (χ2v) is 6.21. The zero-order valence-corrected chi connectivity index (χ0v) is 15.3. The van der Waals surface area contributed by atoms with Crippen LogP contribution in [0, 0.1) is 0 Å². The molecule has 0 radical (unpaired) electrons. The predicted molar refractivity (Wildman–Crippen MR) is 102 cm³/mol. The minimum absolute atomic E-state index is 0.0958. The summed E-state index contributed by atoms with van der Waals surface area (Å²) in [5.74, 6) is 1.08. The Morgan fingerprint density at radius 1 is 1.15 bits per heavy atom. The first-order valence-corrected chi connectivity index (χ1v) is 8.72. The molecule has 6 nitrogen and oxygen atoms in total. The van der Waals surface area contributed by atoms with Gasteiger partial charge in [-0.15, -0.1) is 0 Å². The van der Waals surface area contributed by atoms with E-state index in [1.54, 1.807) is 37.4 Å². The van der Waals surface area contributed by atoms with Crippen LogP contribution in [0.1, 0.15) is 0 Å². The highest BCUT2D eigenvalue weighted by atomic mass is 35.5. The molecular weight excluding hydrogens is 356 g/mol. The van der Waals surface area contributed by atoms with Crippen molar-refractivity contribution < 1.29 is 19.0 Å². The van der Waals surface area contributed by atoms with Gasteiger partial charge in [-0.05, 0) is 42.5 Å². The predicted octanol–water partition coefficient (Wildman–Crippen LogP) is 3.20. The summed E-state index contributed by atoms with van der Waals surface area (Å²) in [5, 5.41) is 3.45. The number of methoxy groups -OCH3 is 1. The van der Waals surface area contributed by atoms with Crippen LogP contribution in [0.4, 0.5) is 11.4 Å². The fraction of sp³-hybridized carbons (Fsp3) is 0.316. The lowest BCUT2D eigenvalue weighted by Gasteiger charge is -2.30. The van der Waals surface area contributed by atoms with Crippen molar-refractivity contribution in [1.82, 2.24) is 0 Å². The van der Waals surface area contributed by atoms with Crippen LogP contribution in [-0.2, 0) is 9.53 Å². The Morgan fingerprint density at radius 3 is 2.54 bits per heavy atom. The first-order valence-electron chi connectivity index (χ1n) is 8.34. The molecule has 1 amide bonds. The number of rotatable bonds is 6. The number of hydrogen-bond acceptors (Lipinski definition) is 5. The molecule has 1 aliphatic heterocycles. The van der Waals surface area contributed by atoms with Gasteiger partial charge in [-0.3, -0.25) is 4.79 Å². The Bertz CT molecular complexity index is 746. The molecule has 1 N–H and O–H groups in total. The smallest absolute Gasteiger partial charge is 0.262 e. The fourth-order valence-corrected chi connectivity index (χ4v) is 2.87. The summed E-state index contributed by atoms with van der Waals surface area (Å²) in [5.41, 5.74) is 1.60. The number of halogens is 1. The summed E-state index contributed by atoms with van der Waals surface area (Å²) in [6.45, 7) is 2.77. The third kappa shape index (κ3) is 4.80. The van der Waals surface area contributed by atoms with Gasteiger partial charge >= 0.3 is 0 Å². The van der Waals surface area contributed by atoms with Crippen molar-refractivity contribution in [1.29, 1.82) is 0 Å². The molecule has 0 bridgehead atoms. The maximum Gasteiger partial charge on any atom is 0.262 e. The number of carbonyl (C=O) groups is 1. The molecule has 3 rings (SSSR count). The third-order valence-corrected chi connectivity index (χ3v) is 4.25. The van der Waals surface area contributed by atoms with E-state index in [0.29, 0.717) is 29.7 Å². The molecule has 2 aromatic rings. The van der Waals surface area contributed by atoms with Crippen LogP contribution in [0.2, 0.25) is 5.02 Å². The summed E-state index contributed by atoms with van der Waals surface area (Å²) in [6.07, 6.45) is 0. The Morgan fingerprint density at radius 2 is 1.85 bits per heavy atom. The number of benzene rings is 2. The monoisotopic (exact) mass is 376 g/mol. The van der Waals surface area contributed by atoms with Crippen molar-refractivity contribution in [3.05, 3.63) is 47.5 Å². The third-order valence-electron chi connectivity index (χ3n) is 4.01. The zero-order valence-electron chi connectivity index (χ0n) is 14.5. The van der Waals surface area contributed by atoms with E-state index in [2.05, 4.69) is 10.2 Å². The highest BCUT2D eigenvalue weighted by molar-refractivity contribution is 6.31. The van der Waals surface area contributed by atoms with Gasteiger partial charge in [0.05, 0.1) is 31.7 Å². The van der Waals surface area contributed by atoms with E-state index in [9.17, 15) is 4.79 Å². The summed E-state index contributed by atoms with van der Waals surface area (Å²) >= 11 is 6.10. The van der Waals surface area contributed by atoms with Gasteiger partial charge in [-0.1, -0.05) is 11.6 Å². The lowest BCUT2D eigenvalue weighted by Crippen LogP contribution is -2.37. The van der Waals surface area contributed by atoms with E-state index in [1.165, 1.54) is 0 Å². The number of ether oxygens (including phenoxy) is 3. The van der Waals surface area contributed by atoms with Crippen LogP contribution in [0.3, 0.4) is 0 Å². The van der Waals surface area contributed by atoms with E-state index in [4.69, 9.17) is 25.8 Å². The Labute approximate surface area is 157 Å². The lowest BCUT2D eigenvalue weighted by atomic mass is 10.2. The van der Waals surface area contributed by atoms with Crippen molar-refractivity contribution >= 4 is 28.9 Å². The van der Waals surface area contributed by atoms with Gasteiger partial charge in [0.25, 0.3) is 5.91 Å². The fourth-order valence-electron chi connectivity index (χ4n) is 2.70. The Kier molecular flexibility index (Phi) is 6.20. The van der Waals surface area contributed by atoms with Crippen molar-refractivity contribution in [3.63, 3.8) is 0 Å². The zero-order chi connectivity index (χ0) is 18.4. The minimum atomic E-state index is -0.252. The molecule has 2 aromatic carbocycles. The van der Waals surface area contributed by atoms with Gasteiger partial charge in [-0.2, -0.15) is 0 Å². The molecule has 0 aromatic heterocycles. The standard InChI is InChI=1S/C19H21ClN2O4/c1-24-15-3-5-16(6-4-15)26-13-19(23)21-17-12-14(20)2-7-18(17)22-8-10-25-11-9-22/h2-7,12H,8-11,13H2,1H3,(H,21,23). The number of nitrogens with zero attached hydrogens (tertiary/aromatic N) is 1. The van der Waals surface area contributed by atoms with Gasteiger partial charge in [-0.25, -0.2) is 0 Å². The largest absolute Gasteiger partial charge is 0.497 e. The van der Waals surface area contributed by atoms with Crippen molar-refractivity contribution in [2.45, 2.75) is 0 Å². The van der Waals surface area contributed by atoms with Crippen molar-refractivity contribution in [3.8, 4) is 11.5 Å². The van der Waals surface area contributed by atoms with Gasteiger partial charge in [0, 0.05) is 18.1 Å². The molecule has 7 heteroatoms. The molecule has 0 spiro atoms. The Hall–Kier alpha value is -2.44. The second kappa shape index (κ2) is 8.78. The maximum atomic E-state index is 12.3. The number of hydrogen-bond donors (Lipinski definition) is 1. The molecule has 0 unspecified atom stereocenters. The molecule has 1 heterocycles. The number of carbonyl (C=O) groups excluding carboxylic acids is 1. The van der Waals surface area contributed by atoms with E-state index in [0.717, 1.165) is 24.5 Å². The molecule has 0 atom stereocenters. The van der Waals surface area contributed by atoms with E-state index in [1.807, 2.05) is 12.1 Å². The Balaban J connectivity index is 1.63. The average molecular weight is 377 g/mol. The molecule has 1 fully saturated rings. The molecule has 1 aliphatic rings. The van der Waals surface area contributed by atoms with Crippen molar-refractivity contribution in [2.75, 3.05) is 50.2 Å². The van der Waals surface area contributed by atoms with Crippen LogP contribution in [0.25, 0.3) is 0 Å². The molecular formula is C19H21ClN2O4. The molecule has 1 saturated heterocycles. The number of anilines is 2. The first-order chi connectivity index (χ1) is 12.7. The summed E-state index contributed by atoms with van der Waals surface area (Å²) < 4.78 is 16.0. The first kappa shape index (κ1) is 18.4. The van der Waals surface area contributed by atoms with Crippen LogP contribution in [0.15, 0.2) is 42.5 Å². The maximum absolute atomic E-state index is 12.3. The average Bonchev–Trinajstić information content (AvgIpc) is 2.67. The summed E-state index contributed by atoms with van der Waals surface area (Å²) in [4.78, 5) is 14.5. The van der Waals surface area contributed by atoms with Crippen LogP contribution in [0.5, 0.6) is 11.5 Å². The minimum Gasteiger partial charge on any atom is -0.497 e. The van der Waals surface area contributed by atoms with E-state index in [-0.39, 0.29) is 12.5 Å². The van der Waals surface area contributed by atoms with Crippen LogP contribution in [-0.4, -0.2) is 45.9 Å². The van der Waals surface area contributed by atoms with Crippen LogP contribution >= 0.6 is 11.6 Å². The molecule has 26 heavy (non-hydrogen) atoms. The molecule has 0 aliphatic carbocycles. The van der Waals surface area contributed by atoms with Gasteiger partial charge < -0.3 is 24.4 Å². The van der Waals surface area contributed by atoms with Gasteiger partial charge in [0.2, 0.25) is 0 Å². The quantitative estimate of drug-likeness (QED) is 0.838. The van der Waals surface area contributed by atoms with Crippen LogP contribution < -0.4 is 19.7 Å². The normalized spacial score (nSPS) is 14.0. The number of nitrogens with one attached hydrogen (secondary N) is 1. The van der Waals surface area contributed by atoms with Gasteiger partial charge in [0.15, 0.2) is 6.61 Å². The topological polar surface area (TPSA) is 60.0 Å². The summed E-state index contributed by atoms with van der Waals surface area (Å²) in [7, 11) is 1.60. The molecule has 138 valence electrons. The summed E-state index contributed by atoms with van der Waals surface area (Å²) in [6, 6.07) is 12.5. The number of amides is 1. The highest BCUT2D eigenvalue weighted by Gasteiger charge is 2.16. The van der Waals surface area contributed by atoms with E-state index < -0.39 is 0 Å². The highest BCUT2D eigenvalue weighted by Crippen LogP contribution is 2.30. The lowest BCUT2D eigenvalue weighted by molar-refractivity contribution is -0.118. The van der Waals surface area contributed by atoms with Crippen molar-refractivity contribution in [2.24, 2.45) is 0 Å². The second-order valence-electron chi connectivity index (χ2n) is 5.77. The van der Waals surface area contributed by atoms with E-state index >= 15 is 0 Å².